The quantitative estimate of drug-likeness (QED) is 0.704. The van der Waals surface area contributed by atoms with Crippen molar-refractivity contribution in [2.45, 2.75) is 12.8 Å². The van der Waals surface area contributed by atoms with Crippen LogP contribution in [0.1, 0.15) is 12.8 Å². The average Bonchev–Trinajstić information content (AvgIpc) is 2.54. The van der Waals surface area contributed by atoms with Gasteiger partial charge in [-0.3, -0.25) is 4.79 Å². The van der Waals surface area contributed by atoms with E-state index in [1.54, 1.807) is 18.2 Å². The minimum absolute atomic E-state index is 0.0587. The fourth-order valence-corrected chi connectivity index (χ4v) is 2.37. The summed E-state index contributed by atoms with van der Waals surface area (Å²) in [5.41, 5.74) is 0. The molecule has 1 aliphatic rings. The topological polar surface area (TPSA) is 53.6 Å². The van der Waals surface area contributed by atoms with Gasteiger partial charge in [-0.2, -0.15) is 0 Å². The predicted octanol–water partition coefficient (Wildman–Crippen LogP) is 1.01. The maximum Gasteiger partial charge on any atom is 0.223 e. The highest BCUT2D eigenvalue weighted by Gasteiger charge is 2.09. The third-order valence-corrected chi connectivity index (χ3v) is 3.61. The second kappa shape index (κ2) is 9.38. The van der Waals surface area contributed by atoms with Gasteiger partial charge in [-0.1, -0.05) is 12.1 Å². The number of hydrogen-bond acceptors (Lipinski definition) is 4. The normalized spacial score (nSPS) is 15.5. The molecule has 0 aromatic heterocycles. The number of benzene rings is 1. The van der Waals surface area contributed by atoms with Crippen LogP contribution < -0.4 is 15.4 Å². The van der Waals surface area contributed by atoms with E-state index in [1.807, 2.05) is 0 Å². The number of rotatable bonds is 8. The minimum atomic E-state index is -0.404. The lowest BCUT2D eigenvalue weighted by Crippen LogP contribution is -2.44. The van der Waals surface area contributed by atoms with E-state index in [4.69, 9.17) is 4.74 Å². The van der Waals surface area contributed by atoms with E-state index in [1.165, 1.54) is 6.07 Å². The number of hydrogen-bond donors (Lipinski definition) is 2. The van der Waals surface area contributed by atoms with Crippen molar-refractivity contribution in [3.05, 3.63) is 30.1 Å². The molecule has 1 aliphatic heterocycles. The van der Waals surface area contributed by atoms with Crippen molar-refractivity contribution in [2.24, 2.45) is 0 Å². The van der Waals surface area contributed by atoms with Crippen molar-refractivity contribution in [2.75, 3.05) is 45.9 Å². The molecule has 0 aliphatic carbocycles. The molecule has 0 spiro atoms. The fraction of sp³-hybridized carbons (Fsp3) is 0.562. The molecule has 1 aromatic carbocycles. The SMILES string of the molecule is O=C(CCOc1ccccc1F)NCCCN1CCNCC1. The highest BCUT2D eigenvalue weighted by atomic mass is 19.1. The minimum Gasteiger partial charge on any atom is -0.490 e. The monoisotopic (exact) mass is 309 g/mol. The standard InChI is InChI=1S/C16H24FN3O2/c17-14-4-1-2-5-15(14)22-13-6-16(21)19-7-3-10-20-11-8-18-9-12-20/h1-2,4-5,18H,3,6-13H2,(H,19,21). The van der Waals surface area contributed by atoms with Crippen LogP contribution in [-0.2, 0) is 4.79 Å². The van der Waals surface area contributed by atoms with Gasteiger partial charge in [0.1, 0.15) is 0 Å². The number of nitrogens with one attached hydrogen (secondary N) is 2. The summed E-state index contributed by atoms with van der Waals surface area (Å²) in [6.45, 7) is 6.09. The molecule has 0 radical (unpaired) electrons. The van der Waals surface area contributed by atoms with Crippen molar-refractivity contribution in [1.29, 1.82) is 0 Å². The van der Waals surface area contributed by atoms with E-state index >= 15 is 0 Å². The van der Waals surface area contributed by atoms with E-state index < -0.39 is 5.82 Å². The largest absolute Gasteiger partial charge is 0.490 e. The molecule has 1 amide bonds. The molecule has 0 unspecified atom stereocenters. The Kier molecular flexibility index (Phi) is 7.12. The van der Waals surface area contributed by atoms with Crippen LogP contribution in [0.3, 0.4) is 0 Å². The van der Waals surface area contributed by atoms with Gasteiger partial charge in [-0.05, 0) is 25.1 Å². The zero-order valence-corrected chi connectivity index (χ0v) is 12.8. The van der Waals surface area contributed by atoms with Crippen LogP contribution >= 0.6 is 0 Å². The third-order valence-electron chi connectivity index (χ3n) is 3.61. The van der Waals surface area contributed by atoms with E-state index in [0.29, 0.717) is 6.54 Å². The zero-order valence-electron chi connectivity index (χ0n) is 12.8. The Balaban J connectivity index is 1.51. The van der Waals surface area contributed by atoms with Crippen molar-refractivity contribution < 1.29 is 13.9 Å². The summed E-state index contributed by atoms with van der Waals surface area (Å²) >= 11 is 0. The smallest absolute Gasteiger partial charge is 0.223 e. The lowest BCUT2D eigenvalue weighted by molar-refractivity contribution is -0.121. The van der Waals surface area contributed by atoms with Gasteiger partial charge in [0.05, 0.1) is 13.0 Å². The van der Waals surface area contributed by atoms with Crippen LogP contribution in [0.15, 0.2) is 24.3 Å². The van der Waals surface area contributed by atoms with Crippen LogP contribution in [0.5, 0.6) is 5.75 Å². The van der Waals surface area contributed by atoms with Gasteiger partial charge < -0.3 is 20.3 Å². The van der Waals surface area contributed by atoms with Gasteiger partial charge in [0.2, 0.25) is 5.91 Å². The molecule has 1 heterocycles. The molecule has 6 heteroatoms. The second-order valence-electron chi connectivity index (χ2n) is 5.32. The Hall–Kier alpha value is -1.66. The molecule has 0 bridgehead atoms. The van der Waals surface area contributed by atoms with Crippen LogP contribution in [0.25, 0.3) is 0 Å². The number of amides is 1. The zero-order chi connectivity index (χ0) is 15.6. The van der Waals surface area contributed by atoms with Crippen molar-refractivity contribution >= 4 is 5.91 Å². The molecule has 122 valence electrons. The molecule has 0 atom stereocenters. The summed E-state index contributed by atoms with van der Waals surface area (Å²) in [5.74, 6) is -0.274. The number of nitrogens with zero attached hydrogens (tertiary/aromatic N) is 1. The second-order valence-corrected chi connectivity index (χ2v) is 5.32. The highest BCUT2D eigenvalue weighted by molar-refractivity contribution is 5.75. The molecule has 0 saturated carbocycles. The first kappa shape index (κ1) is 16.7. The maximum atomic E-state index is 13.3. The van der Waals surface area contributed by atoms with E-state index in [-0.39, 0.29) is 24.7 Å². The van der Waals surface area contributed by atoms with E-state index in [9.17, 15) is 9.18 Å². The Morgan fingerprint density at radius 3 is 2.86 bits per heavy atom. The number of piperazine rings is 1. The number of carbonyl (C=O) groups is 1. The van der Waals surface area contributed by atoms with Gasteiger partial charge in [0.25, 0.3) is 0 Å². The van der Waals surface area contributed by atoms with Crippen molar-refractivity contribution in [3.8, 4) is 5.75 Å². The van der Waals surface area contributed by atoms with Gasteiger partial charge in [0.15, 0.2) is 11.6 Å². The number of ether oxygens (including phenoxy) is 1. The van der Waals surface area contributed by atoms with E-state index in [0.717, 1.165) is 39.1 Å². The van der Waals surface area contributed by atoms with Crippen LogP contribution in [0, 0.1) is 5.82 Å². The molecule has 5 nitrogen and oxygen atoms in total. The average molecular weight is 309 g/mol. The summed E-state index contributed by atoms with van der Waals surface area (Å²) in [6.07, 6.45) is 1.18. The Bertz CT molecular complexity index is 464. The van der Waals surface area contributed by atoms with Crippen molar-refractivity contribution in [1.82, 2.24) is 15.5 Å². The molecular formula is C16H24FN3O2. The van der Waals surface area contributed by atoms with Gasteiger partial charge in [0, 0.05) is 32.7 Å². The van der Waals surface area contributed by atoms with Gasteiger partial charge >= 0.3 is 0 Å². The first-order valence-electron chi connectivity index (χ1n) is 7.83. The number of carbonyl (C=O) groups excluding carboxylic acids is 1. The summed E-state index contributed by atoms with van der Waals surface area (Å²) in [4.78, 5) is 14.1. The Labute approximate surface area is 130 Å². The maximum absolute atomic E-state index is 13.3. The molecule has 1 aromatic rings. The summed E-state index contributed by atoms with van der Waals surface area (Å²) in [6, 6.07) is 6.20. The Morgan fingerprint density at radius 1 is 1.32 bits per heavy atom. The molecule has 1 fully saturated rings. The fourth-order valence-electron chi connectivity index (χ4n) is 2.37. The Morgan fingerprint density at radius 2 is 2.09 bits per heavy atom. The number of para-hydroxylation sites is 1. The molecule has 22 heavy (non-hydrogen) atoms. The predicted molar refractivity (Wildman–Crippen MR) is 83.4 cm³/mol. The lowest BCUT2D eigenvalue weighted by Gasteiger charge is -2.27. The molecular weight excluding hydrogens is 285 g/mol. The van der Waals surface area contributed by atoms with Gasteiger partial charge in [-0.25, -0.2) is 4.39 Å². The summed E-state index contributed by atoms with van der Waals surface area (Å²) < 4.78 is 18.6. The van der Waals surface area contributed by atoms with Crippen molar-refractivity contribution in [3.63, 3.8) is 0 Å². The summed E-state index contributed by atoms with van der Waals surface area (Å²) in [5, 5.41) is 6.18. The third kappa shape index (κ3) is 5.99. The first-order valence-corrected chi connectivity index (χ1v) is 7.83. The molecule has 1 saturated heterocycles. The van der Waals surface area contributed by atoms with Crippen LogP contribution in [0.2, 0.25) is 0 Å². The van der Waals surface area contributed by atoms with Gasteiger partial charge in [-0.15, -0.1) is 0 Å². The van der Waals surface area contributed by atoms with Crippen LogP contribution in [0.4, 0.5) is 4.39 Å². The van der Waals surface area contributed by atoms with E-state index in [2.05, 4.69) is 15.5 Å². The molecule has 2 N–H and O–H groups in total. The highest BCUT2D eigenvalue weighted by Crippen LogP contribution is 2.15. The lowest BCUT2D eigenvalue weighted by atomic mass is 10.3. The number of halogens is 1. The van der Waals surface area contributed by atoms with Crippen LogP contribution in [-0.4, -0.2) is 56.7 Å². The summed E-state index contributed by atoms with van der Waals surface area (Å²) in [7, 11) is 0. The molecule has 2 rings (SSSR count). The first-order chi connectivity index (χ1) is 10.8.